The first kappa shape index (κ1) is 16.4. The van der Waals surface area contributed by atoms with Crippen LogP contribution >= 0.6 is 12.2 Å². The summed E-state index contributed by atoms with van der Waals surface area (Å²) < 4.78 is 13.4. The second-order valence-corrected chi connectivity index (χ2v) is 7.42. The SMILES string of the molecule is CN(Cc1ccc(F)cc1C(N)=S)C1CCC(C)(C)CC1. The lowest BCUT2D eigenvalue weighted by Crippen LogP contribution is -2.37. The number of rotatable bonds is 4. The van der Waals surface area contributed by atoms with Crippen molar-refractivity contribution in [3.8, 4) is 0 Å². The molecule has 2 N–H and O–H groups in total. The molecule has 0 heterocycles. The minimum atomic E-state index is -0.288. The highest BCUT2D eigenvalue weighted by atomic mass is 32.1. The van der Waals surface area contributed by atoms with Crippen molar-refractivity contribution in [3.63, 3.8) is 0 Å². The monoisotopic (exact) mass is 308 g/mol. The largest absolute Gasteiger partial charge is 0.389 e. The molecule has 0 aromatic heterocycles. The van der Waals surface area contributed by atoms with Gasteiger partial charge in [0, 0.05) is 18.2 Å². The van der Waals surface area contributed by atoms with E-state index in [-0.39, 0.29) is 10.8 Å². The van der Waals surface area contributed by atoms with Gasteiger partial charge < -0.3 is 5.73 Å². The van der Waals surface area contributed by atoms with Crippen molar-refractivity contribution in [1.82, 2.24) is 4.90 Å². The highest BCUT2D eigenvalue weighted by Crippen LogP contribution is 2.37. The Hall–Kier alpha value is -1.00. The van der Waals surface area contributed by atoms with E-state index in [0.717, 1.165) is 12.1 Å². The molecule has 0 radical (unpaired) electrons. The van der Waals surface area contributed by atoms with Gasteiger partial charge in [0.1, 0.15) is 10.8 Å². The Bertz CT molecular complexity index is 518. The molecular formula is C17H25FN2S. The molecule has 2 nitrogen and oxygen atoms in total. The van der Waals surface area contributed by atoms with E-state index in [1.165, 1.54) is 37.8 Å². The summed E-state index contributed by atoms with van der Waals surface area (Å²) in [5, 5.41) is 0. The summed E-state index contributed by atoms with van der Waals surface area (Å²) in [6.07, 6.45) is 4.95. The Morgan fingerprint density at radius 3 is 2.57 bits per heavy atom. The standard InChI is InChI=1S/C17H25FN2S/c1-17(2)8-6-14(7-9-17)20(3)11-12-4-5-13(18)10-15(12)16(19)21/h4-5,10,14H,6-9,11H2,1-3H3,(H2,19,21). The minimum Gasteiger partial charge on any atom is -0.389 e. The second-order valence-electron chi connectivity index (χ2n) is 6.98. The van der Waals surface area contributed by atoms with Gasteiger partial charge in [0.05, 0.1) is 0 Å². The molecule has 4 heteroatoms. The van der Waals surface area contributed by atoms with Gasteiger partial charge in [-0.05, 0) is 55.8 Å². The third-order valence-corrected chi connectivity index (χ3v) is 4.91. The van der Waals surface area contributed by atoms with Gasteiger partial charge in [0.15, 0.2) is 0 Å². The Kier molecular flexibility index (Phi) is 4.99. The summed E-state index contributed by atoms with van der Waals surface area (Å²) in [7, 11) is 2.13. The number of halogens is 1. The van der Waals surface area contributed by atoms with Gasteiger partial charge in [0.25, 0.3) is 0 Å². The van der Waals surface area contributed by atoms with Crippen LogP contribution in [0.1, 0.15) is 50.7 Å². The molecule has 1 fully saturated rings. The lowest BCUT2D eigenvalue weighted by Gasteiger charge is -2.38. The van der Waals surface area contributed by atoms with Crippen molar-refractivity contribution < 1.29 is 4.39 Å². The Morgan fingerprint density at radius 2 is 2.00 bits per heavy atom. The molecule has 2 rings (SSSR count). The van der Waals surface area contributed by atoms with Crippen LogP contribution in [0, 0.1) is 11.2 Å². The fraction of sp³-hybridized carbons (Fsp3) is 0.588. The predicted octanol–water partition coefficient (Wildman–Crippen LogP) is 3.86. The molecule has 0 unspecified atom stereocenters. The van der Waals surface area contributed by atoms with Crippen molar-refractivity contribution in [2.45, 2.75) is 52.1 Å². The molecular weight excluding hydrogens is 283 g/mol. The van der Waals surface area contributed by atoms with Gasteiger partial charge in [-0.1, -0.05) is 32.1 Å². The molecule has 1 aromatic rings. The van der Waals surface area contributed by atoms with Crippen molar-refractivity contribution in [2.24, 2.45) is 11.1 Å². The van der Waals surface area contributed by atoms with E-state index >= 15 is 0 Å². The number of benzene rings is 1. The third kappa shape index (κ3) is 4.24. The summed E-state index contributed by atoms with van der Waals surface area (Å²) in [6, 6.07) is 5.31. The molecule has 1 aliphatic carbocycles. The zero-order chi connectivity index (χ0) is 15.6. The normalized spacial score (nSPS) is 18.9. The molecule has 1 saturated carbocycles. The fourth-order valence-corrected chi connectivity index (χ4v) is 3.33. The summed E-state index contributed by atoms with van der Waals surface area (Å²) in [6.45, 7) is 5.44. The Labute approximate surface area is 132 Å². The number of nitrogens with two attached hydrogens (primary N) is 1. The average Bonchev–Trinajstić information content (AvgIpc) is 2.40. The number of hydrogen-bond acceptors (Lipinski definition) is 2. The first-order valence-electron chi connectivity index (χ1n) is 7.57. The van der Waals surface area contributed by atoms with Crippen molar-refractivity contribution in [2.75, 3.05) is 7.05 Å². The molecule has 0 aliphatic heterocycles. The van der Waals surface area contributed by atoms with E-state index in [1.807, 2.05) is 0 Å². The smallest absolute Gasteiger partial charge is 0.123 e. The lowest BCUT2D eigenvalue weighted by molar-refractivity contribution is 0.123. The molecule has 0 bridgehead atoms. The van der Waals surface area contributed by atoms with Crippen LogP contribution in [0.15, 0.2) is 18.2 Å². The predicted molar refractivity (Wildman–Crippen MR) is 89.8 cm³/mol. The molecule has 116 valence electrons. The average molecular weight is 308 g/mol. The molecule has 0 saturated heterocycles. The van der Waals surface area contributed by atoms with Crippen LogP contribution in [0.2, 0.25) is 0 Å². The highest BCUT2D eigenvalue weighted by Gasteiger charge is 2.28. The Morgan fingerprint density at radius 1 is 1.38 bits per heavy atom. The second kappa shape index (κ2) is 6.41. The van der Waals surface area contributed by atoms with Crippen LogP contribution in [-0.2, 0) is 6.54 Å². The zero-order valence-electron chi connectivity index (χ0n) is 13.2. The van der Waals surface area contributed by atoms with Crippen LogP contribution in [0.3, 0.4) is 0 Å². The summed E-state index contributed by atoms with van der Waals surface area (Å²) >= 11 is 5.04. The highest BCUT2D eigenvalue weighted by molar-refractivity contribution is 7.80. The summed E-state index contributed by atoms with van der Waals surface area (Å²) in [4.78, 5) is 2.62. The van der Waals surface area contributed by atoms with E-state index < -0.39 is 0 Å². The number of hydrogen-bond donors (Lipinski definition) is 1. The molecule has 21 heavy (non-hydrogen) atoms. The maximum atomic E-state index is 13.4. The first-order valence-corrected chi connectivity index (χ1v) is 7.98. The molecule has 0 amide bonds. The minimum absolute atomic E-state index is 0.266. The number of nitrogens with zero attached hydrogens (tertiary/aromatic N) is 1. The zero-order valence-corrected chi connectivity index (χ0v) is 14.0. The first-order chi connectivity index (χ1) is 9.78. The van der Waals surface area contributed by atoms with Gasteiger partial charge in [0.2, 0.25) is 0 Å². The van der Waals surface area contributed by atoms with Gasteiger partial charge in [-0.3, -0.25) is 4.90 Å². The van der Waals surface area contributed by atoms with E-state index in [2.05, 4.69) is 25.8 Å². The van der Waals surface area contributed by atoms with Gasteiger partial charge in [-0.15, -0.1) is 0 Å². The van der Waals surface area contributed by atoms with E-state index in [4.69, 9.17) is 18.0 Å². The van der Waals surface area contributed by atoms with E-state index in [9.17, 15) is 4.39 Å². The molecule has 0 atom stereocenters. The quantitative estimate of drug-likeness (QED) is 0.856. The van der Waals surface area contributed by atoms with Crippen LogP contribution in [0.5, 0.6) is 0 Å². The maximum Gasteiger partial charge on any atom is 0.123 e. The molecule has 1 aromatic carbocycles. The number of thiocarbonyl (C=S) groups is 1. The lowest BCUT2D eigenvalue weighted by atomic mass is 9.75. The van der Waals surface area contributed by atoms with E-state index in [1.54, 1.807) is 6.07 Å². The van der Waals surface area contributed by atoms with Crippen molar-refractivity contribution in [1.29, 1.82) is 0 Å². The topological polar surface area (TPSA) is 29.3 Å². The van der Waals surface area contributed by atoms with Gasteiger partial charge >= 0.3 is 0 Å². The van der Waals surface area contributed by atoms with Crippen LogP contribution in [0.25, 0.3) is 0 Å². The fourth-order valence-electron chi connectivity index (χ4n) is 3.14. The molecule has 0 spiro atoms. The van der Waals surface area contributed by atoms with Crippen molar-refractivity contribution in [3.05, 3.63) is 35.1 Å². The maximum absolute atomic E-state index is 13.4. The van der Waals surface area contributed by atoms with Crippen LogP contribution in [-0.4, -0.2) is 23.0 Å². The van der Waals surface area contributed by atoms with Crippen LogP contribution < -0.4 is 5.73 Å². The Balaban J connectivity index is 2.06. The third-order valence-electron chi connectivity index (χ3n) is 4.69. The van der Waals surface area contributed by atoms with Crippen LogP contribution in [0.4, 0.5) is 4.39 Å². The van der Waals surface area contributed by atoms with E-state index in [0.29, 0.717) is 17.0 Å². The van der Waals surface area contributed by atoms with Gasteiger partial charge in [-0.2, -0.15) is 0 Å². The molecule has 1 aliphatic rings. The summed E-state index contributed by atoms with van der Waals surface area (Å²) in [5.74, 6) is -0.288. The van der Waals surface area contributed by atoms with Gasteiger partial charge in [-0.25, -0.2) is 4.39 Å². The van der Waals surface area contributed by atoms with Crippen molar-refractivity contribution >= 4 is 17.2 Å². The summed E-state index contributed by atoms with van der Waals surface area (Å²) in [5.41, 5.74) is 7.86.